The quantitative estimate of drug-likeness (QED) is 0.338. The zero-order valence-electron chi connectivity index (χ0n) is 18.0. The molecule has 7 heteroatoms. The third-order valence-corrected chi connectivity index (χ3v) is 4.92. The monoisotopic (exact) mass is 442 g/mol. The second-order valence-corrected chi connectivity index (χ2v) is 7.38. The lowest BCUT2D eigenvalue weighted by atomic mass is 10.1. The number of carbonyl (C=O) groups is 3. The number of ether oxygens (including phenoxy) is 2. The van der Waals surface area contributed by atoms with Gasteiger partial charge < -0.3 is 9.47 Å². The molecule has 0 atom stereocenters. The van der Waals surface area contributed by atoms with Crippen molar-refractivity contribution in [2.75, 3.05) is 18.1 Å². The molecule has 0 aromatic heterocycles. The Balaban J connectivity index is 1.42. The zero-order valence-corrected chi connectivity index (χ0v) is 18.0. The average Bonchev–Trinajstić information content (AvgIpc) is 2.81. The molecule has 4 rings (SSSR count). The second kappa shape index (κ2) is 9.82. The highest BCUT2D eigenvalue weighted by molar-refractivity contribution is 6.39. The van der Waals surface area contributed by atoms with Crippen LogP contribution in [0.25, 0.3) is 6.08 Å². The molecule has 0 spiro atoms. The third-order valence-electron chi connectivity index (χ3n) is 4.92. The highest BCUT2D eigenvalue weighted by Gasteiger charge is 2.36. The van der Waals surface area contributed by atoms with Crippen molar-refractivity contribution in [3.63, 3.8) is 0 Å². The molecule has 166 valence electrons. The van der Waals surface area contributed by atoms with Crippen LogP contribution in [-0.2, 0) is 9.59 Å². The predicted molar refractivity (Wildman–Crippen MR) is 124 cm³/mol. The summed E-state index contributed by atoms with van der Waals surface area (Å²) in [6.45, 7) is 2.62. The van der Waals surface area contributed by atoms with E-state index in [9.17, 15) is 14.4 Å². The first-order valence-corrected chi connectivity index (χ1v) is 10.4. The van der Waals surface area contributed by atoms with Crippen LogP contribution in [0.1, 0.15) is 11.1 Å². The molecule has 0 unspecified atom stereocenters. The van der Waals surface area contributed by atoms with Crippen molar-refractivity contribution in [1.29, 1.82) is 0 Å². The maximum atomic E-state index is 13.0. The molecular formula is C26H22N2O5. The van der Waals surface area contributed by atoms with Crippen LogP contribution >= 0.6 is 0 Å². The summed E-state index contributed by atoms with van der Waals surface area (Å²) in [6.07, 6.45) is 1.45. The first-order valence-electron chi connectivity index (χ1n) is 10.4. The number of imide groups is 2. The van der Waals surface area contributed by atoms with Gasteiger partial charge in [-0.3, -0.25) is 14.9 Å². The molecule has 3 aromatic carbocycles. The van der Waals surface area contributed by atoms with Gasteiger partial charge in [-0.1, -0.05) is 42.5 Å². The van der Waals surface area contributed by atoms with Gasteiger partial charge >= 0.3 is 6.03 Å². The van der Waals surface area contributed by atoms with Crippen LogP contribution in [0.3, 0.4) is 0 Å². The Morgan fingerprint density at radius 3 is 2.15 bits per heavy atom. The Kier molecular flexibility index (Phi) is 6.50. The van der Waals surface area contributed by atoms with E-state index < -0.39 is 17.8 Å². The lowest BCUT2D eigenvalue weighted by Crippen LogP contribution is -2.54. The Labute approximate surface area is 191 Å². The number of rotatable bonds is 7. The number of hydrogen-bond acceptors (Lipinski definition) is 5. The van der Waals surface area contributed by atoms with Crippen LogP contribution in [-0.4, -0.2) is 31.1 Å². The number of urea groups is 1. The SMILES string of the molecule is Cc1cccc(N2C(=O)NC(=O)/C(=C\c3ccc(OCCOc4ccccc4)cc3)C2=O)c1. The molecule has 0 aliphatic carbocycles. The molecule has 33 heavy (non-hydrogen) atoms. The fourth-order valence-corrected chi connectivity index (χ4v) is 3.32. The van der Waals surface area contributed by atoms with Crippen molar-refractivity contribution in [2.45, 2.75) is 6.92 Å². The Morgan fingerprint density at radius 2 is 1.48 bits per heavy atom. The third kappa shape index (κ3) is 5.27. The van der Waals surface area contributed by atoms with Crippen LogP contribution < -0.4 is 19.7 Å². The van der Waals surface area contributed by atoms with Crippen LogP contribution in [0.2, 0.25) is 0 Å². The molecule has 0 saturated carbocycles. The lowest BCUT2D eigenvalue weighted by Gasteiger charge is -2.26. The van der Waals surface area contributed by atoms with Gasteiger partial charge in [0.05, 0.1) is 5.69 Å². The fourth-order valence-electron chi connectivity index (χ4n) is 3.32. The van der Waals surface area contributed by atoms with Gasteiger partial charge in [0.25, 0.3) is 11.8 Å². The molecule has 0 radical (unpaired) electrons. The summed E-state index contributed by atoms with van der Waals surface area (Å²) in [5.41, 5.74) is 1.79. The molecule has 1 N–H and O–H groups in total. The number of aryl methyl sites for hydroxylation is 1. The lowest BCUT2D eigenvalue weighted by molar-refractivity contribution is -0.122. The van der Waals surface area contributed by atoms with Crippen LogP contribution in [0.15, 0.2) is 84.4 Å². The van der Waals surface area contributed by atoms with Crippen molar-refractivity contribution in [2.24, 2.45) is 0 Å². The number of para-hydroxylation sites is 1. The number of hydrogen-bond donors (Lipinski definition) is 1. The Morgan fingerprint density at radius 1 is 0.818 bits per heavy atom. The van der Waals surface area contributed by atoms with Crippen molar-refractivity contribution in [1.82, 2.24) is 5.32 Å². The van der Waals surface area contributed by atoms with Crippen LogP contribution in [0.4, 0.5) is 10.5 Å². The summed E-state index contributed by atoms with van der Waals surface area (Å²) >= 11 is 0. The maximum Gasteiger partial charge on any atom is 0.335 e. The molecule has 1 fully saturated rings. The molecule has 3 aromatic rings. The summed E-state index contributed by atoms with van der Waals surface area (Å²) in [5.74, 6) is 0.00140. The average molecular weight is 442 g/mol. The smallest absolute Gasteiger partial charge is 0.335 e. The number of carbonyl (C=O) groups excluding carboxylic acids is 3. The first kappa shape index (κ1) is 21.8. The molecule has 0 bridgehead atoms. The van der Waals surface area contributed by atoms with Gasteiger partial charge in [-0.25, -0.2) is 9.69 Å². The molecule has 4 amide bonds. The van der Waals surface area contributed by atoms with Gasteiger partial charge in [-0.05, 0) is 60.5 Å². The van der Waals surface area contributed by atoms with Crippen molar-refractivity contribution >= 4 is 29.6 Å². The molecule has 1 saturated heterocycles. The number of amides is 4. The topological polar surface area (TPSA) is 84.9 Å². The highest BCUT2D eigenvalue weighted by atomic mass is 16.5. The van der Waals surface area contributed by atoms with E-state index in [1.165, 1.54) is 6.08 Å². The molecule has 1 heterocycles. The predicted octanol–water partition coefficient (Wildman–Crippen LogP) is 4.12. The maximum absolute atomic E-state index is 13.0. The molecular weight excluding hydrogens is 420 g/mol. The summed E-state index contributed by atoms with van der Waals surface area (Å²) in [6, 6.07) is 22.6. The van der Waals surface area contributed by atoms with E-state index in [2.05, 4.69) is 5.32 Å². The summed E-state index contributed by atoms with van der Waals surface area (Å²) < 4.78 is 11.3. The normalized spacial score (nSPS) is 14.9. The van der Waals surface area contributed by atoms with E-state index in [0.29, 0.717) is 30.2 Å². The largest absolute Gasteiger partial charge is 0.490 e. The standard InChI is InChI=1S/C26H22N2O5/c1-18-6-5-7-20(16-18)28-25(30)23(24(29)27-26(28)31)17-19-10-12-22(13-11-19)33-15-14-32-21-8-3-2-4-9-21/h2-13,16-17H,14-15H2,1H3,(H,27,29,31)/b23-17+. The number of benzene rings is 3. The van der Waals surface area contributed by atoms with Crippen LogP contribution in [0.5, 0.6) is 11.5 Å². The fraction of sp³-hybridized carbons (Fsp3) is 0.115. The Bertz CT molecular complexity index is 1200. The Hall–Kier alpha value is -4.39. The van der Waals surface area contributed by atoms with Gasteiger partial charge in [0, 0.05) is 0 Å². The number of nitrogens with zero attached hydrogens (tertiary/aromatic N) is 1. The summed E-state index contributed by atoms with van der Waals surface area (Å²) in [4.78, 5) is 38.6. The minimum atomic E-state index is -0.769. The number of nitrogens with one attached hydrogen (secondary N) is 1. The second-order valence-electron chi connectivity index (χ2n) is 7.38. The number of barbiturate groups is 1. The molecule has 1 aliphatic rings. The minimum Gasteiger partial charge on any atom is -0.490 e. The van der Waals surface area contributed by atoms with Crippen molar-refractivity contribution in [3.05, 3.63) is 95.6 Å². The van der Waals surface area contributed by atoms with Crippen LogP contribution in [0, 0.1) is 6.92 Å². The van der Waals surface area contributed by atoms with Crippen molar-refractivity contribution in [3.8, 4) is 11.5 Å². The highest BCUT2D eigenvalue weighted by Crippen LogP contribution is 2.23. The minimum absolute atomic E-state index is 0.124. The van der Waals surface area contributed by atoms with E-state index in [0.717, 1.165) is 16.2 Å². The summed E-state index contributed by atoms with van der Waals surface area (Å²) in [7, 11) is 0. The van der Waals surface area contributed by atoms with Crippen molar-refractivity contribution < 1.29 is 23.9 Å². The van der Waals surface area contributed by atoms with E-state index in [4.69, 9.17) is 9.47 Å². The zero-order chi connectivity index (χ0) is 23.2. The van der Waals surface area contributed by atoms with E-state index in [-0.39, 0.29) is 5.57 Å². The van der Waals surface area contributed by atoms with Gasteiger partial charge in [-0.2, -0.15) is 0 Å². The molecule has 1 aliphatic heterocycles. The van der Waals surface area contributed by atoms with Gasteiger partial charge in [-0.15, -0.1) is 0 Å². The van der Waals surface area contributed by atoms with Gasteiger partial charge in [0.1, 0.15) is 30.3 Å². The summed E-state index contributed by atoms with van der Waals surface area (Å²) in [5, 5.41) is 2.23. The van der Waals surface area contributed by atoms with E-state index in [1.54, 1.807) is 42.5 Å². The first-order chi connectivity index (χ1) is 16.0. The number of anilines is 1. The van der Waals surface area contributed by atoms with Gasteiger partial charge in [0.15, 0.2) is 0 Å². The molecule has 7 nitrogen and oxygen atoms in total. The van der Waals surface area contributed by atoms with E-state index in [1.807, 2.05) is 43.3 Å². The van der Waals surface area contributed by atoms with Gasteiger partial charge in [0.2, 0.25) is 0 Å². The van der Waals surface area contributed by atoms with E-state index >= 15 is 0 Å².